The van der Waals surface area contributed by atoms with Crippen LogP contribution in [0.25, 0.3) is 0 Å². The summed E-state index contributed by atoms with van der Waals surface area (Å²) in [4.78, 5) is 6.74. The summed E-state index contributed by atoms with van der Waals surface area (Å²) in [5, 5.41) is 6.71. The number of methoxy groups -OCH3 is 2. The number of benzene rings is 2. The maximum absolute atomic E-state index is 12.7. The molecule has 7 nitrogen and oxygen atoms in total. The first kappa shape index (κ1) is 23.4. The molecular weight excluding hydrogens is 418 g/mol. The zero-order chi connectivity index (χ0) is 22.9. The Morgan fingerprint density at radius 3 is 2.62 bits per heavy atom. The van der Waals surface area contributed by atoms with E-state index in [9.17, 15) is 8.78 Å². The number of aliphatic imine (C=N–C) groups is 1. The van der Waals surface area contributed by atoms with Gasteiger partial charge in [0.25, 0.3) is 0 Å². The number of hydrogen-bond donors (Lipinski definition) is 2. The van der Waals surface area contributed by atoms with Crippen LogP contribution in [0.4, 0.5) is 14.5 Å². The van der Waals surface area contributed by atoms with Gasteiger partial charge in [0.2, 0.25) is 0 Å². The first-order valence-electron chi connectivity index (χ1n) is 10.6. The van der Waals surface area contributed by atoms with Gasteiger partial charge < -0.3 is 29.7 Å². The average molecular weight is 449 g/mol. The van der Waals surface area contributed by atoms with Crippen molar-refractivity contribution in [3.05, 3.63) is 48.0 Å². The van der Waals surface area contributed by atoms with Crippen LogP contribution < -0.4 is 29.7 Å². The summed E-state index contributed by atoms with van der Waals surface area (Å²) in [6.45, 7) is 1.74. The number of nitrogens with one attached hydrogen (secondary N) is 2. The zero-order valence-electron chi connectivity index (χ0n) is 18.6. The van der Waals surface area contributed by atoms with Crippen LogP contribution in [0, 0.1) is 0 Å². The second-order valence-corrected chi connectivity index (χ2v) is 7.31. The van der Waals surface area contributed by atoms with E-state index in [-0.39, 0.29) is 11.8 Å². The molecule has 1 fully saturated rings. The minimum Gasteiger partial charge on any atom is -0.493 e. The van der Waals surface area contributed by atoms with Gasteiger partial charge in [-0.15, -0.1) is 0 Å². The molecule has 1 unspecified atom stereocenters. The highest BCUT2D eigenvalue weighted by Gasteiger charge is 2.26. The van der Waals surface area contributed by atoms with Gasteiger partial charge in [-0.1, -0.05) is 18.2 Å². The Morgan fingerprint density at radius 2 is 1.91 bits per heavy atom. The normalized spacial score (nSPS) is 16.2. The van der Waals surface area contributed by atoms with Gasteiger partial charge in [0.1, 0.15) is 5.75 Å². The number of guanidine groups is 1. The molecular formula is C23H30F2N4O3. The van der Waals surface area contributed by atoms with Crippen molar-refractivity contribution in [2.45, 2.75) is 32.5 Å². The lowest BCUT2D eigenvalue weighted by atomic mass is 10.2. The molecule has 0 spiro atoms. The Balaban J connectivity index is 1.65. The molecule has 0 bridgehead atoms. The van der Waals surface area contributed by atoms with Gasteiger partial charge in [0.15, 0.2) is 17.5 Å². The molecule has 3 rings (SSSR count). The molecule has 1 aliphatic heterocycles. The summed E-state index contributed by atoms with van der Waals surface area (Å²) in [5.41, 5.74) is 1.66. The number of alkyl halides is 2. The summed E-state index contributed by atoms with van der Waals surface area (Å²) in [6.07, 6.45) is 0.851. The third-order valence-corrected chi connectivity index (χ3v) is 5.16. The van der Waals surface area contributed by atoms with Crippen LogP contribution in [-0.2, 0) is 6.54 Å². The molecule has 0 radical (unpaired) electrons. The number of ether oxygens (including phenoxy) is 3. The molecule has 0 aliphatic carbocycles. The molecule has 9 heteroatoms. The minimum atomic E-state index is -2.85. The highest BCUT2D eigenvalue weighted by Crippen LogP contribution is 2.32. The van der Waals surface area contributed by atoms with Crippen LogP contribution in [-0.4, -0.2) is 52.5 Å². The van der Waals surface area contributed by atoms with Crippen molar-refractivity contribution in [2.75, 3.05) is 38.8 Å². The summed E-state index contributed by atoms with van der Waals surface area (Å²) in [5.74, 6) is 2.23. The molecule has 2 N–H and O–H groups in total. The summed E-state index contributed by atoms with van der Waals surface area (Å²) in [7, 11) is 3.21. The van der Waals surface area contributed by atoms with Crippen molar-refractivity contribution < 1.29 is 23.0 Å². The molecule has 1 atom stereocenters. The van der Waals surface area contributed by atoms with E-state index in [4.69, 9.17) is 9.47 Å². The van der Waals surface area contributed by atoms with Crippen LogP contribution in [0.2, 0.25) is 0 Å². The molecule has 0 aromatic heterocycles. The molecule has 174 valence electrons. The average Bonchev–Trinajstić information content (AvgIpc) is 3.25. The van der Waals surface area contributed by atoms with Crippen molar-refractivity contribution >= 4 is 11.6 Å². The lowest BCUT2D eigenvalue weighted by Crippen LogP contribution is -2.44. The Kier molecular flexibility index (Phi) is 8.35. The van der Waals surface area contributed by atoms with E-state index < -0.39 is 6.61 Å². The van der Waals surface area contributed by atoms with E-state index in [1.165, 1.54) is 0 Å². The zero-order valence-corrected chi connectivity index (χ0v) is 18.6. The van der Waals surface area contributed by atoms with E-state index in [2.05, 4.69) is 20.4 Å². The largest absolute Gasteiger partial charge is 0.493 e. The van der Waals surface area contributed by atoms with Crippen molar-refractivity contribution in [1.82, 2.24) is 10.6 Å². The van der Waals surface area contributed by atoms with Crippen LogP contribution in [0.15, 0.2) is 47.5 Å². The molecule has 2 aromatic carbocycles. The first-order valence-corrected chi connectivity index (χ1v) is 10.6. The van der Waals surface area contributed by atoms with Crippen molar-refractivity contribution in [2.24, 2.45) is 4.99 Å². The Morgan fingerprint density at radius 1 is 1.12 bits per heavy atom. The minimum absolute atomic E-state index is 0.123. The van der Waals surface area contributed by atoms with E-state index in [0.29, 0.717) is 36.2 Å². The summed E-state index contributed by atoms with van der Waals surface area (Å²) in [6, 6.07) is 12.7. The van der Waals surface area contributed by atoms with Gasteiger partial charge in [0, 0.05) is 25.7 Å². The third-order valence-electron chi connectivity index (χ3n) is 5.16. The number of nitrogens with zero attached hydrogens (tertiary/aromatic N) is 2. The number of rotatable bonds is 9. The van der Waals surface area contributed by atoms with Crippen LogP contribution in [0.5, 0.6) is 17.2 Å². The highest BCUT2D eigenvalue weighted by atomic mass is 19.3. The fraction of sp³-hybridized carbons (Fsp3) is 0.435. The maximum atomic E-state index is 12.7. The van der Waals surface area contributed by atoms with Gasteiger partial charge in [-0.3, -0.25) is 0 Å². The van der Waals surface area contributed by atoms with Crippen LogP contribution >= 0.6 is 0 Å². The van der Waals surface area contributed by atoms with E-state index in [1.54, 1.807) is 32.4 Å². The quantitative estimate of drug-likeness (QED) is 0.451. The topological polar surface area (TPSA) is 67.4 Å². The Labute approximate surface area is 187 Å². The fourth-order valence-corrected chi connectivity index (χ4v) is 3.67. The molecule has 1 saturated heterocycles. The lowest BCUT2D eigenvalue weighted by Gasteiger charge is -2.22. The molecule has 1 heterocycles. The summed E-state index contributed by atoms with van der Waals surface area (Å²) < 4.78 is 40.8. The smallest absolute Gasteiger partial charge is 0.387 e. The SMILES string of the molecule is CCNC(=NCc1ccc(OC)c(OC)c1)NC1CCN(c2ccccc2OC(F)F)C1. The predicted molar refractivity (Wildman–Crippen MR) is 121 cm³/mol. The van der Waals surface area contributed by atoms with Gasteiger partial charge in [0.05, 0.1) is 26.5 Å². The number of hydrogen-bond acceptors (Lipinski definition) is 5. The molecule has 2 aromatic rings. The number of para-hydroxylation sites is 2. The number of anilines is 1. The molecule has 32 heavy (non-hydrogen) atoms. The second kappa shape index (κ2) is 11.4. The second-order valence-electron chi connectivity index (χ2n) is 7.31. The predicted octanol–water partition coefficient (Wildman–Crippen LogP) is 3.64. The lowest BCUT2D eigenvalue weighted by molar-refractivity contribution is -0.0495. The van der Waals surface area contributed by atoms with E-state index in [0.717, 1.165) is 25.1 Å². The monoisotopic (exact) mass is 448 g/mol. The van der Waals surface area contributed by atoms with E-state index >= 15 is 0 Å². The van der Waals surface area contributed by atoms with Gasteiger partial charge >= 0.3 is 6.61 Å². The van der Waals surface area contributed by atoms with Gasteiger partial charge in [-0.2, -0.15) is 8.78 Å². The molecule has 1 aliphatic rings. The Hall–Kier alpha value is -3.23. The fourth-order valence-electron chi connectivity index (χ4n) is 3.67. The molecule has 0 amide bonds. The molecule has 0 saturated carbocycles. The van der Waals surface area contributed by atoms with Crippen LogP contribution in [0.1, 0.15) is 18.9 Å². The van der Waals surface area contributed by atoms with Gasteiger partial charge in [-0.25, -0.2) is 4.99 Å². The third kappa shape index (κ3) is 6.15. The van der Waals surface area contributed by atoms with Gasteiger partial charge in [-0.05, 0) is 43.2 Å². The Bertz CT molecular complexity index is 911. The number of halogens is 2. The summed E-state index contributed by atoms with van der Waals surface area (Å²) >= 11 is 0. The maximum Gasteiger partial charge on any atom is 0.387 e. The van der Waals surface area contributed by atoms with Crippen LogP contribution in [0.3, 0.4) is 0 Å². The first-order chi connectivity index (χ1) is 15.5. The van der Waals surface area contributed by atoms with Crippen molar-refractivity contribution in [1.29, 1.82) is 0 Å². The van der Waals surface area contributed by atoms with E-state index in [1.807, 2.05) is 36.1 Å². The standard InChI is InChI=1S/C23H30F2N4O3/c1-4-26-23(27-14-16-9-10-20(30-2)21(13-16)31-3)28-17-11-12-29(15-17)18-7-5-6-8-19(18)32-22(24)25/h5-10,13,17,22H,4,11-12,14-15H2,1-3H3,(H2,26,27,28). The van der Waals surface area contributed by atoms with Crippen molar-refractivity contribution in [3.8, 4) is 17.2 Å². The highest BCUT2D eigenvalue weighted by molar-refractivity contribution is 5.80. The van der Waals surface area contributed by atoms with Crippen molar-refractivity contribution in [3.63, 3.8) is 0 Å².